The van der Waals surface area contributed by atoms with Crippen molar-refractivity contribution < 1.29 is 23.4 Å². The Morgan fingerprint density at radius 1 is 1.09 bits per heavy atom. The highest BCUT2D eigenvalue weighted by atomic mass is 19.1. The van der Waals surface area contributed by atoms with Crippen LogP contribution in [0.15, 0.2) is 42.5 Å². The average Bonchev–Trinajstić information content (AvgIpc) is 2.53. The Labute approximate surface area is 127 Å². The predicted octanol–water partition coefficient (Wildman–Crippen LogP) is 2.86. The number of ether oxygens (including phenoxy) is 3. The average molecular weight is 305 g/mol. The van der Waals surface area contributed by atoms with E-state index in [-0.39, 0.29) is 18.3 Å². The van der Waals surface area contributed by atoms with Crippen LogP contribution in [0.25, 0.3) is 0 Å². The molecule has 0 bridgehead atoms. The number of carbonyl (C=O) groups is 1. The molecule has 2 aromatic rings. The first-order valence-corrected chi connectivity index (χ1v) is 6.52. The van der Waals surface area contributed by atoms with Crippen LogP contribution < -0.4 is 19.5 Å². The second-order valence-electron chi connectivity index (χ2n) is 4.36. The Kier molecular flexibility index (Phi) is 5.19. The molecule has 0 aliphatic rings. The maximum Gasteiger partial charge on any atom is 0.262 e. The number of rotatable bonds is 6. The summed E-state index contributed by atoms with van der Waals surface area (Å²) in [5, 5.41) is 2.66. The van der Waals surface area contributed by atoms with Crippen molar-refractivity contribution in [1.82, 2.24) is 0 Å². The molecule has 0 heterocycles. The molecule has 2 rings (SSSR count). The zero-order valence-corrected chi connectivity index (χ0v) is 12.3. The van der Waals surface area contributed by atoms with E-state index < -0.39 is 5.82 Å². The number of hydrogen-bond acceptors (Lipinski definition) is 4. The number of halogens is 1. The Bertz CT molecular complexity index is 660. The molecular weight excluding hydrogens is 289 g/mol. The Morgan fingerprint density at radius 2 is 1.91 bits per heavy atom. The molecule has 0 fully saturated rings. The molecule has 6 heteroatoms. The summed E-state index contributed by atoms with van der Waals surface area (Å²) in [4.78, 5) is 11.9. The van der Waals surface area contributed by atoms with E-state index in [0.717, 1.165) is 0 Å². The second-order valence-corrected chi connectivity index (χ2v) is 4.36. The highest BCUT2D eigenvalue weighted by Crippen LogP contribution is 2.28. The van der Waals surface area contributed by atoms with Gasteiger partial charge in [-0.3, -0.25) is 4.79 Å². The van der Waals surface area contributed by atoms with Gasteiger partial charge in [0.25, 0.3) is 5.91 Å². The lowest BCUT2D eigenvalue weighted by Gasteiger charge is -2.12. The molecule has 0 unspecified atom stereocenters. The zero-order chi connectivity index (χ0) is 15.9. The third-order valence-corrected chi connectivity index (χ3v) is 2.85. The highest BCUT2D eigenvalue weighted by molar-refractivity contribution is 5.93. The monoisotopic (exact) mass is 305 g/mol. The lowest BCUT2D eigenvalue weighted by Crippen LogP contribution is -2.20. The number of anilines is 1. The van der Waals surface area contributed by atoms with Crippen molar-refractivity contribution >= 4 is 11.6 Å². The fourth-order valence-corrected chi connectivity index (χ4v) is 1.79. The van der Waals surface area contributed by atoms with Gasteiger partial charge in [0, 0.05) is 12.1 Å². The van der Waals surface area contributed by atoms with Crippen LogP contribution in [-0.2, 0) is 4.79 Å². The molecule has 0 saturated heterocycles. The molecule has 0 aliphatic carbocycles. The first-order valence-electron chi connectivity index (χ1n) is 6.52. The quantitative estimate of drug-likeness (QED) is 0.891. The molecule has 2 aromatic carbocycles. The Hall–Kier alpha value is -2.76. The van der Waals surface area contributed by atoms with E-state index in [9.17, 15) is 9.18 Å². The van der Waals surface area contributed by atoms with Crippen molar-refractivity contribution in [3.8, 4) is 17.2 Å². The van der Waals surface area contributed by atoms with Gasteiger partial charge in [-0.05, 0) is 24.3 Å². The molecule has 0 aromatic heterocycles. The van der Waals surface area contributed by atoms with E-state index in [4.69, 9.17) is 14.2 Å². The van der Waals surface area contributed by atoms with Gasteiger partial charge in [-0.1, -0.05) is 6.07 Å². The van der Waals surface area contributed by atoms with Crippen LogP contribution in [-0.4, -0.2) is 26.7 Å². The highest BCUT2D eigenvalue weighted by Gasteiger charge is 2.09. The molecule has 0 saturated carbocycles. The van der Waals surface area contributed by atoms with Crippen molar-refractivity contribution in [3.63, 3.8) is 0 Å². The van der Waals surface area contributed by atoms with Crippen LogP contribution in [0.1, 0.15) is 0 Å². The molecule has 0 atom stereocenters. The summed E-state index contributed by atoms with van der Waals surface area (Å²) in [7, 11) is 3.04. The fraction of sp³-hybridized carbons (Fsp3) is 0.188. The molecule has 0 radical (unpaired) electrons. The Balaban J connectivity index is 1.97. The number of amides is 1. The van der Waals surface area contributed by atoms with Gasteiger partial charge in [-0.25, -0.2) is 4.39 Å². The van der Waals surface area contributed by atoms with E-state index in [1.807, 2.05) is 0 Å². The van der Waals surface area contributed by atoms with Crippen LogP contribution in [0.4, 0.5) is 10.1 Å². The standard InChI is InChI=1S/C16H16FNO4/c1-20-12-6-7-14(15(9-12)21-2)18-16(19)10-22-13-5-3-4-11(17)8-13/h3-9H,10H2,1-2H3,(H,18,19). The first kappa shape index (κ1) is 15.6. The van der Waals surface area contributed by atoms with Crippen LogP contribution in [0, 0.1) is 5.82 Å². The van der Waals surface area contributed by atoms with Gasteiger partial charge in [-0.2, -0.15) is 0 Å². The van der Waals surface area contributed by atoms with Gasteiger partial charge in [-0.15, -0.1) is 0 Å². The van der Waals surface area contributed by atoms with Crippen LogP contribution in [0.2, 0.25) is 0 Å². The molecule has 1 amide bonds. The second kappa shape index (κ2) is 7.31. The minimum atomic E-state index is -0.422. The summed E-state index contributed by atoms with van der Waals surface area (Å²) >= 11 is 0. The summed E-state index contributed by atoms with van der Waals surface area (Å²) < 4.78 is 28.5. The van der Waals surface area contributed by atoms with Crippen LogP contribution in [0.5, 0.6) is 17.2 Å². The van der Waals surface area contributed by atoms with E-state index in [0.29, 0.717) is 17.2 Å². The van der Waals surface area contributed by atoms with Gasteiger partial charge in [0.1, 0.15) is 23.1 Å². The van der Waals surface area contributed by atoms with Crippen LogP contribution in [0.3, 0.4) is 0 Å². The predicted molar refractivity (Wildman–Crippen MR) is 80.1 cm³/mol. The van der Waals surface area contributed by atoms with Crippen molar-refractivity contribution in [3.05, 3.63) is 48.3 Å². The third-order valence-electron chi connectivity index (χ3n) is 2.85. The van der Waals surface area contributed by atoms with Gasteiger partial charge in [0.05, 0.1) is 19.9 Å². The van der Waals surface area contributed by atoms with E-state index in [1.54, 1.807) is 31.4 Å². The van der Waals surface area contributed by atoms with E-state index in [1.165, 1.54) is 25.3 Å². The minimum absolute atomic E-state index is 0.237. The van der Waals surface area contributed by atoms with Crippen LogP contribution >= 0.6 is 0 Å². The molecule has 1 N–H and O–H groups in total. The number of carbonyl (C=O) groups excluding carboxylic acids is 1. The number of methoxy groups -OCH3 is 2. The molecule has 0 aliphatic heterocycles. The lowest BCUT2D eigenvalue weighted by atomic mass is 10.2. The summed E-state index contributed by atoms with van der Waals surface area (Å²) in [6, 6.07) is 10.6. The van der Waals surface area contributed by atoms with Gasteiger partial charge in [0.15, 0.2) is 6.61 Å². The van der Waals surface area contributed by atoms with Crippen molar-refractivity contribution in [2.45, 2.75) is 0 Å². The van der Waals surface area contributed by atoms with Crippen molar-refractivity contribution in [1.29, 1.82) is 0 Å². The molecule has 5 nitrogen and oxygen atoms in total. The largest absolute Gasteiger partial charge is 0.497 e. The van der Waals surface area contributed by atoms with E-state index in [2.05, 4.69) is 5.32 Å². The first-order chi connectivity index (χ1) is 10.6. The summed E-state index contributed by atoms with van der Waals surface area (Å²) in [6.07, 6.45) is 0. The molecular formula is C16H16FNO4. The van der Waals surface area contributed by atoms with Crippen molar-refractivity contribution in [2.75, 3.05) is 26.1 Å². The number of hydrogen-bond donors (Lipinski definition) is 1. The number of nitrogens with one attached hydrogen (secondary N) is 1. The SMILES string of the molecule is COc1ccc(NC(=O)COc2cccc(F)c2)c(OC)c1. The normalized spacial score (nSPS) is 9.95. The van der Waals surface area contributed by atoms with Gasteiger partial charge < -0.3 is 19.5 Å². The zero-order valence-electron chi connectivity index (χ0n) is 12.3. The molecule has 22 heavy (non-hydrogen) atoms. The maximum atomic E-state index is 13.0. The smallest absolute Gasteiger partial charge is 0.262 e. The van der Waals surface area contributed by atoms with E-state index >= 15 is 0 Å². The van der Waals surface area contributed by atoms with Crippen molar-refractivity contribution in [2.24, 2.45) is 0 Å². The summed E-state index contributed by atoms with van der Waals surface area (Å²) in [5.41, 5.74) is 0.496. The summed E-state index contributed by atoms with van der Waals surface area (Å²) in [5.74, 6) is 0.573. The lowest BCUT2D eigenvalue weighted by molar-refractivity contribution is -0.118. The minimum Gasteiger partial charge on any atom is -0.497 e. The number of benzene rings is 2. The molecule has 0 spiro atoms. The Morgan fingerprint density at radius 3 is 2.59 bits per heavy atom. The summed E-state index contributed by atoms with van der Waals surface area (Å²) in [6.45, 7) is -0.237. The maximum absolute atomic E-state index is 13.0. The third kappa shape index (κ3) is 4.12. The topological polar surface area (TPSA) is 56.8 Å². The van der Waals surface area contributed by atoms with Gasteiger partial charge in [0.2, 0.25) is 0 Å². The van der Waals surface area contributed by atoms with Gasteiger partial charge >= 0.3 is 0 Å². The molecule has 116 valence electrons. The fourth-order valence-electron chi connectivity index (χ4n) is 1.79.